The number of rotatable bonds is 4. The molecule has 1 saturated heterocycles. The highest BCUT2D eigenvalue weighted by Gasteiger charge is 2.39. The second-order valence-electron chi connectivity index (χ2n) is 7.30. The Labute approximate surface area is 169 Å². The highest BCUT2D eigenvalue weighted by molar-refractivity contribution is 14.0. The first-order valence-electron chi connectivity index (χ1n) is 9.33. The van der Waals surface area contributed by atoms with Gasteiger partial charge in [0.1, 0.15) is 5.75 Å². The Kier molecular flexibility index (Phi) is 7.84. The van der Waals surface area contributed by atoms with E-state index >= 15 is 0 Å². The molecule has 1 spiro atoms. The molecule has 1 aromatic rings. The summed E-state index contributed by atoms with van der Waals surface area (Å²) in [6.07, 6.45) is 9.41. The first-order chi connectivity index (χ1) is 11.7. The lowest BCUT2D eigenvalue weighted by Crippen LogP contribution is -2.42. The predicted octanol–water partition coefficient (Wildman–Crippen LogP) is 4.09. The van der Waals surface area contributed by atoms with E-state index in [1.165, 1.54) is 50.6 Å². The highest BCUT2D eigenvalue weighted by Crippen LogP contribution is 2.43. The monoisotopic (exact) mass is 457 g/mol. The number of benzene rings is 1. The molecule has 1 saturated carbocycles. The van der Waals surface area contributed by atoms with Crippen LogP contribution in [0.3, 0.4) is 0 Å². The van der Waals surface area contributed by atoms with E-state index in [2.05, 4.69) is 27.3 Å². The van der Waals surface area contributed by atoms with Crippen LogP contribution in [0.1, 0.15) is 44.1 Å². The molecule has 0 bridgehead atoms. The molecule has 3 rings (SSSR count). The van der Waals surface area contributed by atoms with Crippen LogP contribution in [0.25, 0.3) is 0 Å². The highest BCUT2D eigenvalue weighted by atomic mass is 127. The number of hydrogen-bond donors (Lipinski definition) is 1. The quantitative estimate of drug-likeness (QED) is 0.421. The van der Waals surface area contributed by atoms with Crippen LogP contribution in [0.4, 0.5) is 0 Å². The third-order valence-corrected chi connectivity index (χ3v) is 5.72. The van der Waals surface area contributed by atoms with Crippen LogP contribution < -0.4 is 10.1 Å². The molecule has 140 valence electrons. The van der Waals surface area contributed by atoms with Crippen LogP contribution in [-0.2, 0) is 6.42 Å². The van der Waals surface area contributed by atoms with E-state index in [0.29, 0.717) is 5.41 Å². The van der Waals surface area contributed by atoms with E-state index in [4.69, 9.17) is 4.74 Å². The number of likely N-dealkylation sites (tertiary alicyclic amines) is 1. The van der Waals surface area contributed by atoms with E-state index in [1.54, 1.807) is 7.11 Å². The fraction of sp³-hybridized carbons (Fsp3) is 0.650. The molecule has 1 heterocycles. The topological polar surface area (TPSA) is 36.9 Å². The van der Waals surface area contributed by atoms with Gasteiger partial charge in [-0.2, -0.15) is 0 Å². The SMILES string of the molecule is CN=C(NCCc1ccc(OC)cc1)N1CCC2(CCCCC2)C1.I. The van der Waals surface area contributed by atoms with Crippen LogP contribution in [0, 0.1) is 5.41 Å². The summed E-state index contributed by atoms with van der Waals surface area (Å²) in [6.45, 7) is 3.26. The van der Waals surface area contributed by atoms with Crippen molar-refractivity contribution in [3.8, 4) is 5.75 Å². The van der Waals surface area contributed by atoms with Crippen molar-refractivity contribution in [3.05, 3.63) is 29.8 Å². The van der Waals surface area contributed by atoms with Gasteiger partial charge < -0.3 is 15.0 Å². The molecule has 1 aliphatic heterocycles. The minimum atomic E-state index is 0. The van der Waals surface area contributed by atoms with Gasteiger partial charge in [-0.3, -0.25) is 4.99 Å². The number of hydrogen-bond acceptors (Lipinski definition) is 2. The number of ether oxygens (including phenoxy) is 1. The maximum absolute atomic E-state index is 5.21. The Morgan fingerprint density at radius 3 is 2.52 bits per heavy atom. The lowest BCUT2D eigenvalue weighted by atomic mass is 9.73. The number of halogens is 1. The zero-order valence-electron chi connectivity index (χ0n) is 15.6. The second kappa shape index (κ2) is 9.64. The van der Waals surface area contributed by atoms with Crippen molar-refractivity contribution < 1.29 is 4.74 Å². The summed E-state index contributed by atoms with van der Waals surface area (Å²) in [4.78, 5) is 6.99. The average molecular weight is 457 g/mol. The van der Waals surface area contributed by atoms with Gasteiger partial charge in [-0.1, -0.05) is 31.4 Å². The maximum Gasteiger partial charge on any atom is 0.193 e. The van der Waals surface area contributed by atoms with Crippen LogP contribution in [0.15, 0.2) is 29.3 Å². The smallest absolute Gasteiger partial charge is 0.193 e. The van der Waals surface area contributed by atoms with Gasteiger partial charge in [0.2, 0.25) is 0 Å². The molecule has 1 aliphatic carbocycles. The van der Waals surface area contributed by atoms with Crippen molar-refractivity contribution >= 4 is 29.9 Å². The van der Waals surface area contributed by atoms with E-state index in [0.717, 1.165) is 31.2 Å². The summed E-state index contributed by atoms with van der Waals surface area (Å²) < 4.78 is 5.21. The van der Waals surface area contributed by atoms with E-state index in [-0.39, 0.29) is 24.0 Å². The molecule has 1 N–H and O–H groups in total. The van der Waals surface area contributed by atoms with Crippen molar-refractivity contribution in [3.63, 3.8) is 0 Å². The zero-order chi connectivity index (χ0) is 16.8. The number of methoxy groups -OCH3 is 1. The fourth-order valence-electron chi connectivity index (χ4n) is 4.27. The molecule has 0 radical (unpaired) electrons. The second-order valence-corrected chi connectivity index (χ2v) is 7.30. The van der Waals surface area contributed by atoms with Crippen molar-refractivity contribution in [2.24, 2.45) is 10.4 Å². The first-order valence-corrected chi connectivity index (χ1v) is 9.33. The molecule has 2 aliphatic rings. The molecule has 5 heteroatoms. The van der Waals surface area contributed by atoms with Gasteiger partial charge in [-0.25, -0.2) is 0 Å². The molecular weight excluding hydrogens is 425 g/mol. The van der Waals surface area contributed by atoms with Crippen molar-refractivity contribution in [2.45, 2.75) is 44.9 Å². The third kappa shape index (κ3) is 5.25. The first kappa shape index (κ1) is 20.3. The Morgan fingerprint density at radius 2 is 1.88 bits per heavy atom. The molecule has 4 nitrogen and oxygen atoms in total. The third-order valence-electron chi connectivity index (χ3n) is 5.72. The van der Waals surface area contributed by atoms with Crippen molar-refractivity contribution in [2.75, 3.05) is 33.8 Å². The van der Waals surface area contributed by atoms with Gasteiger partial charge in [-0.05, 0) is 48.8 Å². The molecule has 0 amide bonds. The van der Waals surface area contributed by atoms with Crippen LogP contribution in [0.2, 0.25) is 0 Å². The standard InChI is InChI=1S/C20H31N3O.HI/c1-21-19(22-14-10-17-6-8-18(24-2)9-7-17)23-15-13-20(16-23)11-4-3-5-12-20;/h6-9H,3-5,10-16H2,1-2H3,(H,21,22);1H. The van der Waals surface area contributed by atoms with Crippen LogP contribution in [0.5, 0.6) is 5.75 Å². The van der Waals surface area contributed by atoms with Crippen LogP contribution in [-0.4, -0.2) is 44.7 Å². The Morgan fingerprint density at radius 1 is 1.16 bits per heavy atom. The van der Waals surface area contributed by atoms with Gasteiger partial charge in [0.15, 0.2) is 5.96 Å². The van der Waals surface area contributed by atoms with Gasteiger partial charge in [0, 0.05) is 26.7 Å². The summed E-state index contributed by atoms with van der Waals surface area (Å²) in [5.74, 6) is 1.99. The summed E-state index contributed by atoms with van der Waals surface area (Å²) in [5.41, 5.74) is 1.90. The molecule has 25 heavy (non-hydrogen) atoms. The van der Waals surface area contributed by atoms with E-state index < -0.39 is 0 Å². The number of nitrogens with zero attached hydrogens (tertiary/aromatic N) is 2. The molecule has 0 atom stereocenters. The summed E-state index contributed by atoms with van der Waals surface area (Å²) in [5, 5.41) is 3.56. The Bertz CT molecular complexity index is 553. The maximum atomic E-state index is 5.21. The molecule has 0 unspecified atom stereocenters. The molecular formula is C20H32IN3O. The van der Waals surface area contributed by atoms with Gasteiger partial charge in [-0.15, -0.1) is 24.0 Å². The normalized spacial score (nSPS) is 19.6. The van der Waals surface area contributed by atoms with Crippen molar-refractivity contribution in [1.82, 2.24) is 10.2 Å². The van der Waals surface area contributed by atoms with E-state index in [1.807, 2.05) is 19.2 Å². The molecule has 2 fully saturated rings. The summed E-state index contributed by atoms with van der Waals surface area (Å²) in [7, 11) is 3.61. The largest absolute Gasteiger partial charge is 0.497 e. The van der Waals surface area contributed by atoms with Crippen LogP contribution >= 0.6 is 24.0 Å². The average Bonchev–Trinajstić information content (AvgIpc) is 3.03. The molecule has 1 aromatic carbocycles. The summed E-state index contributed by atoms with van der Waals surface area (Å²) >= 11 is 0. The lowest BCUT2D eigenvalue weighted by Gasteiger charge is -2.33. The minimum Gasteiger partial charge on any atom is -0.497 e. The Balaban J connectivity index is 0.00000225. The summed E-state index contributed by atoms with van der Waals surface area (Å²) in [6, 6.07) is 8.32. The lowest BCUT2D eigenvalue weighted by molar-refractivity contribution is 0.203. The van der Waals surface area contributed by atoms with Gasteiger partial charge in [0.25, 0.3) is 0 Å². The number of aliphatic imine (C=N–C) groups is 1. The van der Waals surface area contributed by atoms with Crippen molar-refractivity contribution in [1.29, 1.82) is 0 Å². The Hall–Kier alpha value is -0.980. The van der Waals surface area contributed by atoms with E-state index in [9.17, 15) is 0 Å². The molecule has 0 aromatic heterocycles. The minimum absolute atomic E-state index is 0. The number of guanidine groups is 1. The van der Waals surface area contributed by atoms with Gasteiger partial charge >= 0.3 is 0 Å². The number of nitrogens with one attached hydrogen (secondary N) is 1. The fourth-order valence-corrected chi connectivity index (χ4v) is 4.27. The zero-order valence-corrected chi connectivity index (χ0v) is 17.9. The predicted molar refractivity (Wildman–Crippen MR) is 115 cm³/mol. The van der Waals surface area contributed by atoms with Gasteiger partial charge in [0.05, 0.1) is 7.11 Å².